The number of β-amino-alcohol motifs (C(OH)–C–C–N with tert-alkyl or cyclic N) is 1. The Morgan fingerprint density at radius 1 is 1.09 bits per heavy atom. The molecule has 2 aliphatic rings. The van der Waals surface area contributed by atoms with Gasteiger partial charge in [-0.3, -0.25) is 9.80 Å². The molecule has 2 aliphatic heterocycles. The molecule has 0 aromatic heterocycles. The smallest absolute Gasteiger partial charge is 0.0917 e. The summed E-state index contributed by atoms with van der Waals surface area (Å²) in [6.45, 7) is 6.79. The van der Waals surface area contributed by atoms with Crippen LogP contribution >= 0.6 is 0 Å². The average molecular weight is 304 g/mol. The van der Waals surface area contributed by atoms with Crippen molar-refractivity contribution < 1.29 is 9.84 Å². The van der Waals surface area contributed by atoms with Crippen molar-refractivity contribution in [1.82, 2.24) is 9.80 Å². The summed E-state index contributed by atoms with van der Waals surface area (Å²) in [5, 5.41) is 10.5. The molecule has 4 nitrogen and oxygen atoms in total. The summed E-state index contributed by atoms with van der Waals surface area (Å²) in [6.07, 6.45) is 3.43. The number of hydrogen-bond donors (Lipinski definition) is 1. The molecular weight excluding hydrogens is 276 g/mol. The van der Waals surface area contributed by atoms with Crippen LogP contribution in [0.4, 0.5) is 0 Å². The maximum atomic E-state index is 10.5. The Kier molecular flexibility index (Phi) is 5.84. The highest BCUT2D eigenvalue weighted by molar-refractivity contribution is 5.17. The second-order valence-corrected chi connectivity index (χ2v) is 6.48. The summed E-state index contributed by atoms with van der Waals surface area (Å²) < 4.78 is 5.44. The van der Waals surface area contributed by atoms with Gasteiger partial charge in [0.1, 0.15) is 0 Å². The van der Waals surface area contributed by atoms with E-state index in [0.717, 1.165) is 51.5 Å². The number of piperidine rings is 1. The predicted octanol–water partition coefficient (Wildman–Crippen LogP) is 1.91. The van der Waals surface area contributed by atoms with Crippen LogP contribution < -0.4 is 0 Å². The lowest BCUT2D eigenvalue weighted by Gasteiger charge is -2.40. The number of benzene rings is 1. The van der Waals surface area contributed by atoms with Crippen LogP contribution in [0.5, 0.6) is 0 Å². The number of likely N-dealkylation sites (tertiary alicyclic amines) is 1. The SMILES string of the molecule is O[C@@H](CN1CCCC[C@@H]1CN1CCOCC1)c1ccccc1. The minimum absolute atomic E-state index is 0.383. The van der Waals surface area contributed by atoms with E-state index in [1.807, 2.05) is 30.3 Å². The Hall–Kier alpha value is -0.940. The van der Waals surface area contributed by atoms with E-state index in [4.69, 9.17) is 4.74 Å². The molecule has 0 bridgehead atoms. The van der Waals surface area contributed by atoms with Crippen molar-refractivity contribution >= 4 is 0 Å². The van der Waals surface area contributed by atoms with Crippen molar-refractivity contribution in [2.45, 2.75) is 31.4 Å². The maximum Gasteiger partial charge on any atom is 0.0917 e. The summed E-state index contributed by atoms with van der Waals surface area (Å²) in [5.74, 6) is 0. The number of aliphatic hydroxyl groups excluding tert-OH is 1. The molecule has 1 aromatic rings. The van der Waals surface area contributed by atoms with Gasteiger partial charge in [0.25, 0.3) is 0 Å². The molecule has 122 valence electrons. The highest BCUT2D eigenvalue weighted by Gasteiger charge is 2.27. The van der Waals surface area contributed by atoms with Crippen LogP contribution in [-0.4, -0.2) is 66.9 Å². The van der Waals surface area contributed by atoms with Gasteiger partial charge in [-0.15, -0.1) is 0 Å². The Labute approximate surface area is 133 Å². The van der Waals surface area contributed by atoms with E-state index in [0.29, 0.717) is 6.04 Å². The quantitative estimate of drug-likeness (QED) is 0.901. The van der Waals surface area contributed by atoms with E-state index in [-0.39, 0.29) is 6.10 Å². The van der Waals surface area contributed by atoms with Crippen LogP contribution in [0.15, 0.2) is 30.3 Å². The molecule has 0 amide bonds. The topological polar surface area (TPSA) is 35.9 Å². The number of rotatable bonds is 5. The first-order chi connectivity index (χ1) is 10.8. The second-order valence-electron chi connectivity index (χ2n) is 6.48. The van der Waals surface area contributed by atoms with Gasteiger partial charge in [0.2, 0.25) is 0 Å². The number of ether oxygens (including phenoxy) is 1. The lowest BCUT2D eigenvalue weighted by atomic mass is 9.99. The number of morpholine rings is 1. The molecule has 0 spiro atoms. The first-order valence-electron chi connectivity index (χ1n) is 8.60. The van der Waals surface area contributed by atoms with E-state index in [1.165, 1.54) is 19.3 Å². The van der Waals surface area contributed by atoms with E-state index >= 15 is 0 Å². The molecule has 2 heterocycles. The van der Waals surface area contributed by atoms with E-state index in [2.05, 4.69) is 9.80 Å². The van der Waals surface area contributed by atoms with Gasteiger partial charge in [-0.1, -0.05) is 36.8 Å². The molecule has 4 heteroatoms. The van der Waals surface area contributed by atoms with Gasteiger partial charge in [0.15, 0.2) is 0 Å². The molecule has 0 radical (unpaired) electrons. The number of hydrogen-bond acceptors (Lipinski definition) is 4. The fourth-order valence-electron chi connectivity index (χ4n) is 3.59. The van der Waals surface area contributed by atoms with Crippen molar-refractivity contribution in [3.8, 4) is 0 Å². The summed E-state index contributed by atoms with van der Waals surface area (Å²) in [5.41, 5.74) is 1.03. The Balaban J connectivity index is 1.57. The first kappa shape index (κ1) is 15.9. The minimum Gasteiger partial charge on any atom is -0.387 e. The van der Waals surface area contributed by atoms with Gasteiger partial charge in [-0.2, -0.15) is 0 Å². The van der Waals surface area contributed by atoms with Crippen molar-refractivity contribution in [2.75, 3.05) is 45.9 Å². The molecule has 0 aliphatic carbocycles. The maximum absolute atomic E-state index is 10.5. The minimum atomic E-state index is -0.383. The molecule has 0 saturated carbocycles. The van der Waals surface area contributed by atoms with Gasteiger partial charge >= 0.3 is 0 Å². The normalized spacial score (nSPS) is 26.0. The fourth-order valence-corrected chi connectivity index (χ4v) is 3.59. The zero-order valence-electron chi connectivity index (χ0n) is 13.4. The molecule has 3 rings (SSSR count). The molecule has 2 fully saturated rings. The summed E-state index contributed by atoms with van der Waals surface area (Å²) in [4.78, 5) is 5.01. The van der Waals surface area contributed by atoms with Crippen molar-refractivity contribution in [3.05, 3.63) is 35.9 Å². The number of aliphatic hydroxyl groups is 1. The Morgan fingerprint density at radius 2 is 1.86 bits per heavy atom. The van der Waals surface area contributed by atoms with Crippen LogP contribution in [-0.2, 0) is 4.74 Å². The summed E-state index contributed by atoms with van der Waals surface area (Å²) >= 11 is 0. The van der Waals surface area contributed by atoms with Gasteiger partial charge in [0.05, 0.1) is 19.3 Å². The average Bonchev–Trinajstić information content (AvgIpc) is 2.58. The van der Waals surface area contributed by atoms with E-state index < -0.39 is 0 Å². The van der Waals surface area contributed by atoms with Crippen LogP contribution in [0.25, 0.3) is 0 Å². The molecule has 2 atom stereocenters. The summed E-state index contributed by atoms with van der Waals surface area (Å²) in [6, 6.07) is 10.6. The zero-order valence-corrected chi connectivity index (χ0v) is 13.4. The molecule has 2 saturated heterocycles. The Morgan fingerprint density at radius 3 is 2.64 bits per heavy atom. The molecule has 1 N–H and O–H groups in total. The first-order valence-corrected chi connectivity index (χ1v) is 8.60. The zero-order chi connectivity index (χ0) is 15.2. The summed E-state index contributed by atoms with van der Waals surface area (Å²) in [7, 11) is 0. The van der Waals surface area contributed by atoms with E-state index in [1.54, 1.807) is 0 Å². The third-order valence-electron chi connectivity index (χ3n) is 4.91. The monoisotopic (exact) mass is 304 g/mol. The van der Waals surface area contributed by atoms with Crippen LogP contribution in [0.3, 0.4) is 0 Å². The predicted molar refractivity (Wildman–Crippen MR) is 87.9 cm³/mol. The fraction of sp³-hybridized carbons (Fsp3) is 0.667. The second kappa shape index (κ2) is 8.06. The molecule has 1 aromatic carbocycles. The third-order valence-corrected chi connectivity index (χ3v) is 4.91. The van der Waals surface area contributed by atoms with Gasteiger partial charge in [0, 0.05) is 32.2 Å². The van der Waals surface area contributed by atoms with Crippen LogP contribution in [0.2, 0.25) is 0 Å². The highest BCUT2D eigenvalue weighted by atomic mass is 16.5. The van der Waals surface area contributed by atoms with Crippen molar-refractivity contribution in [3.63, 3.8) is 0 Å². The molecule has 0 unspecified atom stereocenters. The molecular formula is C18H28N2O2. The van der Waals surface area contributed by atoms with Crippen molar-refractivity contribution in [1.29, 1.82) is 0 Å². The van der Waals surface area contributed by atoms with Gasteiger partial charge < -0.3 is 9.84 Å². The molecule has 22 heavy (non-hydrogen) atoms. The number of nitrogens with zero attached hydrogens (tertiary/aromatic N) is 2. The van der Waals surface area contributed by atoms with Gasteiger partial charge in [-0.05, 0) is 24.9 Å². The lowest BCUT2D eigenvalue weighted by Crippen LogP contribution is -2.50. The van der Waals surface area contributed by atoms with Crippen molar-refractivity contribution in [2.24, 2.45) is 0 Å². The lowest BCUT2D eigenvalue weighted by molar-refractivity contribution is 0.00673. The highest BCUT2D eigenvalue weighted by Crippen LogP contribution is 2.22. The third kappa shape index (κ3) is 4.29. The standard InChI is InChI=1S/C18H28N2O2/c21-18(16-6-2-1-3-7-16)15-20-9-5-4-8-17(20)14-19-10-12-22-13-11-19/h1-3,6-7,17-18,21H,4-5,8-15H2/t17-,18+/m1/s1. The van der Waals surface area contributed by atoms with Crippen LogP contribution in [0, 0.1) is 0 Å². The Bertz CT molecular complexity index is 434. The van der Waals surface area contributed by atoms with Crippen LogP contribution in [0.1, 0.15) is 30.9 Å². The van der Waals surface area contributed by atoms with E-state index in [9.17, 15) is 5.11 Å². The van der Waals surface area contributed by atoms with Gasteiger partial charge in [-0.25, -0.2) is 0 Å². The largest absolute Gasteiger partial charge is 0.387 e.